The lowest BCUT2D eigenvalue weighted by atomic mass is 9.97. The molecule has 1 aromatic rings. The maximum Gasteiger partial charge on any atom is 0.306 e. The number of carboxylic acid groups (broad SMARTS) is 1. The molecule has 9 nitrogen and oxygen atoms in total. The van der Waals surface area contributed by atoms with E-state index in [0.29, 0.717) is 44.2 Å². The Bertz CT molecular complexity index is 705. The molecule has 0 spiro atoms. The van der Waals surface area contributed by atoms with Crippen molar-refractivity contribution >= 4 is 17.8 Å². The van der Waals surface area contributed by atoms with Crippen LogP contribution in [0.25, 0.3) is 0 Å². The molecular formula is C19H28N4O5. The van der Waals surface area contributed by atoms with Crippen molar-refractivity contribution in [3.63, 3.8) is 0 Å². The quantitative estimate of drug-likeness (QED) is 0.746. The minimum atomic E-state index is -0.809. The van der Waals surface area contributed by atoms with Gasteiger partial charge >= 0.3 is 5.97 Å². The molecule has 0 atom stereocenters. The van der Waals surface area contributed by atoms with Gasteiger partial charge in [0, 0.05) is 38.9 Å². The van der Waals surface area contributed by atoms with E-state index in [1.165, 1.54) is 17.7 Å². The number of nitrogens with zero attached hydrogens (tertiary/aromatic N) is 4. The normalized spacial score (nSPS) is 18.4. The van der Waals surface area contributed by atoms with Gasteiger partial charge in [0.15, 0.2) is 5.82 Å². The first-order chi connectivity index (χ1) is 13.4. The van der Waals surface area contributed by atoms with Crippen molar-refractivity contribution in [3.8, 4) is 0 Å². The van der Waals surface area contributed by atoms with Gasteiger partial charge in [-0.25, -0.2) is 0 Å². The zero-order chi connectivity index (χ0) is 20.1. The summed E-state index contributed by atoms with van der Waals surface area (Å²) in [5, 5.41) is 13.1. The Labute approximate surface area is 164 Å². The number of hydrogen-bond acceptors (Lipinski definition) is 6. The van der Waals surface area contributed by atoms with E-state index in [0.717, 1.165) is 18.7 Å². The monoisotopic (exact) mass is 392 g/mol. The maximum absolute atomic E-state index is 12.4. The fourth-order valence-electron chi connectivity index (χ4n) is 3.89. The fraction of sp³-hybridized carbons (Fsp3) is 0.737. The Morgan fingerprint density at radius 2 is 1.86 bits per heavy atom. The lowest BCUT2D eigenvalue weighted by Gasteiger charge is -2.31. The smallest absolute Gasteiger partial charge is 0.306 e. The van der Waals surface area contributed by atoms with Crippen LogP contribution in [0.4, 0.5) is 0 Å². The molecule has 2 fully saturated rings. The van der Waals surface area contributed by atoms with Crippen molar-refractivity contribution in [3.05, 3.63) is 11.7 Å². The number of amides is 2. The lowest BCUT2D eigenvalue weighted by molar-refractivity contribution is -0.146. The first-order valence-electron chi connectivity index (χ1n) is 10.0. The largest absolute Gasteiger partial charge is 0.481 e. The van der Waals surface area contributed by atoms with E-state index in [1.54, 1.807) is 11.9 Å². The number of aromatic nitrogens is 2. The van der Waals surface area contributed by atoms with E-state index in [1.807, 2.05) is 0 Å². The topological polar surface area (TPSA) is 117 Å². The highest BCUT2D eigenvalue weighted by Gasteiger charge is 2.28. The first-order valence-corrected chi connectivity index (χ1v) is 10.0. The summed E-state index contributed by atoms with van der Waals surface area (Å²) in [6.45, 7) is 0.835. The molecule has 0 aromatic carbocycles. The molecule has 2 heterocycles. The molecule has 1 saturated heterocycles. The number of likely N-dealkylation sites (tertiary alicyclic amines) is 1. The fourth-order valence-corrected chi connectivity index (χ4v) is 3.89. The van der Waals surface area contributed by atoms with Crippen LogP contribution in [-0.2, 0) is 20.8 Å². The van der Waals surface area contributed by atoms with Crippen LogP contribution in [0.1, 0.15) is 62.6 Å². The summed E-state index contributed by atoms with van der Waals surface area (Å²) < 4.78 is 5.26. The van der Waals surface area contributed by atoms with E-state index in [-0.39, 0.29) is 30.7 Å². The average Bonchev–Trinajstić information content (AvgIpc) is 3.37. The summed E-state index contributed by atoms with van der Waals surface area (Å²) >= 11 is 0. The summed E-state index contributed by atoms with van der Waals surface area (Å²) in [5.41, 5.74) is 0. The van der Waals surface area contributed by atoms with Crippen LogP contribution in [0.15, 0.2) is 4.52 Å². The Hall–Kier alpha value is -2.45. The molecular weight excluding hydrogens is 364 g/mol. The van der Waals surface area contributed by atoms with Crippen LogP contribution in [0.2, 0.25) is 0 Å². The van der Waals surface area contributed by atoms with Gasteiger partial charge in [0.2, 0.25) is 17.7 Å². The Balaban J connectivity index is 1.40. The van der Waals surface area contributed by atoms with Gasteiger partial charge in [0.1, 0.15) is 0 Å². The molecule has 2 aliphatic rings. The molecule has 2 amide bonds. The van der Waals surface area contributed by atoms with Gasteiger partial charge in [-0.05, 0) is 25.7 Å². The Kier molecular flexibility index (Phi) is 6.64. The van der Waals surface area contributed by atoms with Crippen LogP contribution >= 0.6 is 0 Å². The van der Waals surface area contributed by atoms with Crippen LogP contribution in [-0.4, -0.2) is 69.5 Å². The zero-order valence-electron chi connectivity index (χ0n) is 16.3. The van der Waals surface area contributed by atoms with Crippen molar-refractivity contribution in [1.82, 2.24) is 19.9 Å². The summed E-state index contributed by atoms with van der Waals surface area (Å²) in [5.74, 6) is 0.0802. The number of carbonyl (C=O) groups is 3. The number of aryl methyl sites for hydroxylation is 1. The molecule has 1 N–H and O–H groups in total. The highest BCUT2D eigenvalue weighted by molar-refractivity contribution is 5.85. The van der Waals surface area contributed by atoms with Gasteiger partial charge in [0.05, 0.1) is 12.5 Å². The van der Waals surface area contributed by atoms with E-state index < -0.39 is 5.97 Å². The number of piperidine rings is 1. The molecule has 1 aromatic heterocycles. The van der Waals surface area contributed by atoms with Crippen molar-refractivity contribution < 1.29 is 24.0 Å². The highest BCUT2D eigenvalue weighted by atomic mass is 16.5. The molecule has 1 aliphatic heterocycles. The second-order valence-corrected chi connectivity index (χ2v) is 7.77. The van der Waals surface area contributed by atoms with Crippen LogP contribution in [0.3, 0.4) is 0 Å². The first kappa shape index (κ1) is 20.3. The Morgan fingerprint density at radius 1 is 1.18 bits per heavy atom. The molecule has 28 heavy (non-hydrogen) atoms. The molecule has 9 heteroatoms. The molecule has 1 saturated carbocycles. The number of carboxylic acids is 1. The number of aliphatic carboxylic acids is 1. The van der Waals surface area contributed by atoms with Gasteiger partial charge in [-0.1, -0.05) is 18.0 Å². The maximum atomic E-state index is 12.4. The van der Waals surface area contributed by atoms with Crippen molar-refractivity contribution in [2.45, 2.75) is 57.3 Å². The number of hydrogen-bond donors (Lipinski definition) is 1. The number of likely N-dealkylation sites (N-methyl/N-ethyl adjacent to an activating group) is 1. The van der Waals surface area contributed by atoms with Gasteiger partial charge in [-0.2, -0.15) is 4.98 Å². The predicted molar refractivity (Wildman–Crippen MR) is 98.4 cm³/mol. The summed E-state index contributed by atoms with van der Waals surface area (Å²) in [4.78, 5) is 43.1. The number of rotatable bonds is 7. The zero-order valence-corrected chi connectivity index (χ0v) is 16.3. The van der Waals surface area contributed by atoms with Gasteiger partial charge in [-0.3, -0.25) is 14.4 Å². The minimum absolute atomic E-state index is 0.00622. The Morgan fingerprint density at radius 3 is 2.50 bits per heavy atom. The average molecular weight is 392 g/mol. The van der Waals surface area contributed by atoms with Gasteiger partial charge in [-0.15, -0.1) is 0 Å². The molecule has 3 rings (SSSR count). The van der Waals surface area contributed by atoms with Crippen molar-refractivity contribution in [2.75, 3.05) is 26.7 Å². The SMILES string of the molecule is CN(CC(=O)N1CCC(C(=O)O)CC1)C(=O)CCc1nc(C2CCCC2)no1. The lowest BCUT2D eigenvalue weighted by Crippen LogP contribution is -2.45. The summed E-state index contributed by atoms with van der Waals surface area (Å²) in [6.07, 6.45) is 6.05. The van der Waals surface area contributed by atoms with E-state index in [9.17, 15) is 14.4 Å². The second kappa shape index (κ2) is 9.16. The van der Waals surface area contributed by atoms with E-state index in [4.69, 9.17) is 9.63 Å². The highest BCUT2D eigenvalue weighted by Crippen LogP contribution is 2.32. The summed E-state index contributed by atoms with van der Waals surface area (Å²) in [6, 6.07) is 0. The predicted octanol–water partition coefficient (Wildman–Crippen LogP) is 1.44. The molecule has 0 radical (unpaired) electrons. The number of carbonyl (C=O) groups excluding carboxylic acids is 2. The van der Waals surface area contributed by atoms with Crippen LogP contribution < -0.4 is 0 Å². The van der Waals surface area contributed by atoms with Crippen LogP contribution in [0.5, 0.6) is 0 Å². The standard InChI is InChI=1S/C19H28N4O5/c1-22(12-17(25)23-10-8-14(9-11-23)19(26)27)16(24)7-6-15-20-18(21-28-15)13-4-2-3-5-13/h13-14H,2-12H2,1H3,(H,26,27). The van der Waals surface area contributed by atoms with Crippen molar-refractivity contribution in [2.24, 2.45) is 5.92 Å². The minimum Gasteiger partial charge on any atom is -0.481 e. The molecule has 1 aliphatic carbocycles. The molecule has 0 unspecified atom stereocenters. The third-order valence-corrected chi connectivity index (χ3v) is 5.75. The van der Waals surface area contributed by atoms with E-state index in [2.05, 4.69) is 10.1 Å². The van der Waals surface area contributed by atoms with Crippen LogP contribution in [0, 0.1) is 5.92 Å². The van der Waals surface area contributed by atoms with Gasteiger partial charge in [0.25, 0.3) is 0 Å². The summed E-state index contributed by atoms with van der Waals surface area (Å²) in [7, 11) is 1.60. The van der Waals surface area contributed by atoms with Gasteiger partial charge < -0.3 is 19.4 Å². The van der Waals surface area contributed by atoms with Crippen molar-refractivity contribution in [1.29, 1.82) is 0 Å². The second-order valence-electron chi connectivity index (χ2n) is 7.77. The van der Waals surface area contributed by atoms with E-state index >= 15 is 0 Å². The molecule has 0 bridgehead atoms. The third-order valence-electron chi connectivity index (χ3n) is 5.75. The molecule has 154 valence electrons. The third kappa shape index (κ3) is 5.08.